The maximum Gasteiger partial charge on any atom is 0.338 e. The van der Waals surface area contributed by atoms with Crippen LogP contribution in [0.2, 0.25) is 0 Å². The number of esters is 1. The second-order valence-corrected chi connectivity index (χ2v) is 7.40. The minimum absolute atomic E-state index is 0.293. The van der Waals surface area contributed by atoms with Crippen molar-refractivity contribution in [1.29, 1.82) is 0 Å². The number of anilines is 2. The molecule has 0 aliphatic rings. The molecule has 0 heterocycles. The molecule has 138 valence electrons. The summed E-state index contributed by atoms with van der Waals surface area (Å²) in [5, 5.41) is 2.72. The maximum atomic E-state index is 12.3. The van der Waals surface area contributed by atoms with E-state index in [1.165, 1.54) is 12.1 Å². The molecule has 0 spiro atoms. The van der Waals surface area contributed by atoms with Crippen LogP contribution in [0.1, 0.15) is 33.2 Å². The number of ether oxygens (including phenoxy) is 1. The minimum Gasteiger partial charge on any atom is -0.462 e. The van der Waals surface area contributed by atoms with Crippen molar-refractivity contribution in [3.05, 3.63) is 59.2 Å². The van der Waals surface area contributed by atoms with E-state index in [0.29, 0.717) is 34.7 Å². The molecule has 2 N–H and O–H groups in total. The predicted octanol–water partition coefficient (Wildman–Crippen LogP) is 2.80. The molecule has 7 nitrogen and oxygen atoms in total. The Labute approximate surface area is 152 Å². The normalized spacial score (nSPS) is 10.9. The molecule has 26 heavy (non-hydrogen) atoms. The minimum atomic E-state index is -3.39. The number of carbonyl (C=O) groups is 2. The van der Waals surface area contributed by atoms with Gasteiger partial charge in [0.05, 0.1) is 24.1 Å². The Kier molecular flexibility index (Phi) is 5.99. The molecule has 0 unspecified atom stereocenters. The van der Waals surface area contributed by atoms with E-state index >= 15 is 0 Å². The molecule has 0 aliphatic heterocycles. The van der Waals surface area contributed by atoms with Gasteiger partial charge in [0.1, 0.15) is 0 Å². The van der Waals surface area contributed by atoms with Crippen LogP contribution in [0.5, 0.6) is 0 Å². The summed E-state index contributed by atoms with van der Waals surface area (Å²) in [7, 11) is -3.39. The van der Waals surface area contributed by atoms with E-state index in [9.17, 15) is 18.0 Å². The van der Waals surface area contributed by atoms with Crippen LogP contribution in [0.4, 0.5) is 11.4 Å². The van der Waals surface area contributed by atoms with Gasteiger partial charge in [-0.15, -0.1) is 0 Å². The second-order valence-electron chi connectivity index (χ2n) is 5.66. The summed E-state index contributed by atoms with van der Waals surface area (Å²) in [6, 6.07) is 11.0. The van der Waals surface area contributed by atoms with E-state index in [2.05, 4.69) is 10.0 Å². The van der Waals surface area contributed by atoms with E-state index in [1.54, 1.807) is 44.2 Å². The van der Waals surface area contributed by atoms with Gasteiger partial charge in [-0.05, 0) is 61.9 Å². The van der Waals surface area contributed by atoms with Crippen molar-refractivity contribution in [1.82, 2.24) is 0 Å². The van der Waals surface area contributed by atoms with Crippen LogP contribution in [0, 0.1) is 6.92 Å². The van der Waals surface area contributed by atoms with Crippen LogP contribution >= 0.6 is 0 Å². The zero-order chi connectivity index (χ0) is 19.3. The zero-order valence-electron chi connectivity index (χ0n) is 14.7. The average molecular weight is 376 g/mol. The van der Waals surface area contributed by atoms with Crippen molar-refractivity contribution in [2.45, 2.75) is 13.8 Å². The first-order chi connectivity index (χ1) is 12.2. The number of amides is 1. The quantitative estimate of drug-likeness (QED) is 0.755. The highest BCUT2D eigenvalue weighted by atomic mass is 32.2. The van der Waals surface area contributed by atoms with Gasteiger partial charge in [-0.2, -0.15) is 0 Å². The predicted molar refractivity (Wildman–Crippen MR) is 100.0 cm³/mol. The number of hydrogen-bond donors (Lipinski definition) is 2. The Morgan fingerprint density at radius 2 is 1.65 bits per heavy atom. The molecular weight excluding hydrogens is 356 g/mol. The van der Waals surface area contributed by atoms with Gasteiger partial charge in [-0.3, -0.25) is 9.52 Å². The zero-order valence-corrected chi connectivity index (χ0v) is 15.5. The van der Waals surface area contributed by atoms with Crippen LogP contribution in [0.25, 0.3) is 0 Å². The summed E-state index contributed by atoms with van der Waals surface area (Å²) in [4.78, 5) is 24.0. The third-order valence-corrected chi connectivity index (χ3v) is 4.03. The Bertz CT molecular complexity index is 921. The van der Waals surface area contributed by atoms with Gasteiger partial charge < -0.3 is 10.1 Å². The Morgan fingerprint density at radius 3 is 2.19 bits per heavy atom. The first-order valence-electron chi connectivity index (χ1n) is 7.86. The number of nitrogens with one attached hydrogen (secondary N) is 2. The summed E-state index contributed by atoms with van der Waals surface area (Å²) >= 11 is 0. The van der Waals surface area contributed by atoms with Gasteiger partial charge >= 0.3 is 5.97 Å². The lowest BCUT2D eigenvalue weighted by Crippen LogP contribution is -2.14. The van der Waals surface area contributed by atoms with Gasteiger partial charge in [0, 0.05) is 11.3 Å². The molecule has 2 rings (SSSR count). The monoisotopic (exact) mass is 376 g/mol. The largest absolute Gasteiger partial charge is 0.462 e. The smallest absolute Gasteiger partial charge is 0.338 e. The summed E-state index contributed by atoms with van der Waals surface area (Å²) < 4.78 is 29.9. The molecule has 0 aromatic heterocycles. The topological polar surface area (TPSA) is 102 Å². The number of aryl methyl sites for hydroxylation is 1. The number of benzene rings is 2. The molecule has 0 saturated carbocycles. The molecule has 8 heteroatoms. The molecule has 0 radical (unpaired) electrons. The van der Waals surface area contributed by atoms with Gasteiger partial charge in [-0.25, -0.2) is 13.2 Å². The van der Waals surface area contributed by atoms with E-state index in [1.807, 2.05) is 0 Å². The second kappa shape index (κ2) is 8.01. The molecule has 0 atom stereocenters. The Morgan fingerprint density at radius 1 is 1.04 bits per heavy atom. The lowest BCUT2D eigenvalue weighted by molar-refractivity contribution is 0.0526. The molecule has 0 aliphatic carbocycles. The van der Waals surface area contributed by atoms with E-state index in [4.69, 9.17) is 4.74 Å². The third-order valence-electron chi connectivity index (χ3n) is 3.44. The van der Waals surface area contributed by atoms with Crippen molar-refractivity contribution < 1.29 is 22.7 Å². The van der Waals surface area contributed by atoms with Crippen LogP contribution in [-0.2, 0) is 14.8 Å². The van der Waals surface area contributed by atoms with E-state index < -0.39 is 16.0 Å². The Hall–Kier alpha value is -2.87. The first-order valence-corrected chi connectivity index (χ1v) is 9.75. The Balaban J connectivity index is 2.10. The van der Waals surface area contributed by atoms with E-state index in [-0.39, 0.29) is 5.91 Å². The van der Waals surface area contributed by atoms with Crippen LogP contribution in [0.15, 0.2) is 42.5 Å². The molecule has 0 fully saturated rings. The summed E-state index contributed by atoms with van der Waals surface area (Å²) in [6.45, 7) is 3.73. The number of rotatable bonds is 6. The van der Waals surface area contributed by atoms with Gasteiger partial charge in [-0.1, -0.05) is 0 Å². The highest BCUT2D eigenvalue weighted by Gasteiger charge is 2.11. The van der Waals surface area contributed by atoms with Crippen LogP contribution < -0.4 is 10.0 Å². The number of hydrogen-bond acceptors (Lipinski definition) is 5. The fourth-order valence-electron chi connectivity index (χ4n) is 2.23. The lowest BCUT2D eigenvalue weighted by atomic mass is 10.1. The summed E-state index contributed by atoms with van der Waals surface area (Å²) in [6.07, 6.45) is 1.06. The lowest BCUT2D eigenvalue weighted by Gasteiger charge is -2.10. The molecule has 2 aromatic rings. The molecule has 0 saturated heterocycles. The van der Waals surface area contributed by atoms with Crippen molar-refractivity contribution in [3.8, 4) is 0 Å². The van der Waals surface area contributed by atoms with Crippen molar-refractivity contribution >= 4 is 33.3 Å². The number of sulfonamides is 1. The van der Waals surface area contributed by atoms with Crippen LogP contribution in [0.3, 0.4) is 0 Å². The molecular formula is C18H20N2O5S. The fourth-order valence-corrected chi connectivity index (χ4v) is 2.85. The standard InChI is InChI=1S/C18H20N2O5S/c1-4-25-18(22)13-5-8-15(9-6-13)19-17(21)14-7-10-16(12(2)11-14)20-26(3,23)24/h5-11,20H,4H2,1-3H3,(H,19,21). The van der Waals surface area contributed by atoms with Crippen molar-refractivity contribution in [2.75, 3.05) is 22.9 Å². The summed E-state index contributed by atoms with van der Waals surface area (Å²) in [5.74, 6) is -0.766. The van der Waals surface area contributed by atoms with Crippen LogP contribution in [-0.4, -0.2) is 33.2 Å². The van der Waals surface area contributed by atoms with Gasteiger partial charge in [0.15, 0.2) is 0 Å². The first kappa shape index (κ1) is 19.5. The van der Waals surface area contributed by atoms with E-state index in [0.717, 1.165) is 6.26 Å². The third kappa shape index (κ3) is 5.32. The van der Waals surface area contributed by atoms with Crippen molar-refractivity contribution in [2.24, 2.45) is 0 Å². The molecule has 2 aromatic carbocycles. The highest BCUT2D eigenvalue weighted by molar-refractivity contribution is 7.92. The maximum absolute atomic E-state index is 12.3. The number of carbonyl (C=O) groups excluding carboxylic acids is 2. The SMILES string of the molecule is CCOC(=O)c1ccc(NC(=O)c2ccc(NS(C)(=O)=O)c(C)c2)cc1. The fraction of sp³-hybridized carbons (Fsp3) is 0.222. The summed E-state index contributed by atoms with van der Waals surface area (Å²) in [5.41, 5.74) is 2.36. The average Bonchev–Trinajstić information content (AvgIpc) is 2.56. The van der Waals surface area contributed by atoms with Crippen molar-refractivity contribution in [3.63, 3.8) is 0 Å². The molecule has 1 amide bonds. The highest BCUT2D eigenvalue weighted by Crippen LogP contribution is 2.19. The van der Waals surface area contributed by atoms with Gasteiger partial charge in [0.2, 0.25) is 10.0 Å². The molecule has 0 bridgehead atoms. The van der Waals surface area contributed by atoms with Gasteiger partial charge in [0.25, 0.3) is 5.91 Å².